The van der Waals surface area contributed by atoms with Crippen molar-refractivity contribution in [3.05, 3.63) is 53.1 Å². The van der Waals surface area contributed by atoms with E-state index >= 15 is 0 Å². The highest BCUT2D eigenvalue weighted by Gasteiger charge is 2.27. The Bertz CT molecular complexity index is 1000. The number of carbonyl (C=O) groups excluding carboxylic acids is 3. The summed E-state index contributed by atoms with van der Waals surface area (Å²) in [6, 6.07) is 4.74. The van der Waals surface area contributed by atoms with E-state index in [0.29, 0.717) is 17.6 Å². The SMILES string of the molecule is COC(=O)c1cc(NC(=O)C(NC(=O)c2cc(OC)cc(OC)c2)C(C)C)c(F)cc1F. The summed E-state index contributed by atoms with van der Waals surface area (Å²) in [5.74, 6) is -4.24. The van der Waals surface area contributed by atoms with Crippen molar-refractivity contribution in [3.8, 4) is 11.5 Å². The van der Waals surface area contributed by atoms with Crippen LogP contribution < -0.4 is 20.1 Å². The second-order valence-corrected chi connectivity index (χ2v) is 7.09. The lowest BCUT2D eigenvalue weighted by atomic mass is 10.0. The molecule has 1 unspecified atom stereocenters. The highest BCUT2D eigenvalue weighted by atomic mass is 19.1. The van der Waals surface area contributed by atoms with Crippen LogP contribution in [0.3, 0.4) is 0 Å². The van der Waals surface area contributed by atoms with Crippen molar-refractivity contribution in [2.24, 2.45) is 5.92 Å². The third-order valence-electron chi connectivity index (χ3n) is 4.57. The Morgan fingerprint density at radius 1 is 0.875 bits per heavy atom. The summed E-state index contributed by atoms with van der Waals surface area (Å²) >= 11 is 0. The van der Waals surface area contributed by atoms with Gasteiger partial charge < -0.3 is 24.8 Å². The molecule has 1 atom stereocenters. The van der Waals surface area contributed by atoms with Crippen LogP contribution in [0, 0.1) is 17.6 Å². The predicted molar refractivity (Wildman–Crippen MR) is 112 cm³/mol. The van der Waals surface area contributed by atoms with Crippen molar-refractivity contribution in [1.82, 2.24) is 5.32 Å². The molecule has 0 bridgehead atoms. The third-order valence-corrected chi connectivity index (χ3v) is 4.57. The van der Waals surface area contributed by atoms with Gasteiger partial charge in [0.05, 0.1) is 32.6 Å². The number of rotatable bonds is 8. The van der Waals surface area contributed by atoms with E-state index in [0.717, 1.165) is 13.2 Å². The molecule has 10 heteroatoms. The van der Waals surface area contributed by atoms with Gasteiger partial charge in [0.2, 0.25) is 5.91 Å². The fourth-order valence-electron chi connectivity index (χ4n) is 2.82. The first-order valence-corrected chi connectivity index (χ1v) is 9.53. The van der Waals surface area contributed by atoms with Crippen LogP contribution in [0.15, 0.2) is 30.3 Å². The molecular formula is C22H24F2N2O6. The fourth-order valence-corrected chi connectivity index (χ4v) is 2.82. The van der Waals surface area contributed by atoms with Crippen LogP contribution in [-0.4, -0.2) is 45.2 Å². The summed E-state index contributed by atoms with van der Waals surface area (Å²) in [7, 11) is 3.91. The summed E-state index contributed by atoms with van der Waals surface area (Å²) in [5, 5.41) is 4.87. The van der Waals surface area contributed by atoms with Gasteiger partial charge in [-0.2, -0.15) is 0 Å². The molecule has 0 spiro atoms. The number of methoxy groups -OCH3 is 3. The van der Waals surface area contributed by atoms with Crippen molar-refractivity contribution in [2.45, 2.75) is 19.9 Å². The van der Waals surface area contributed by atoms with Gasteiger partial charge in [0.1, 0.15) is 29.2 Å². The van der Waals surface area contributed by atoms with Gasteiger partial charge in [0.15, 0.2) is 0 Å². The van der Waals surface area contributed by atoms with E-state index in [2.05, 4.69) is 15.4 Å². The molecule has 32 heavy (non-hydrogen) atoms. The standard InChI is InChI=1S/C22H24F2N2O6/c1-11(2)19(26-20(27)12-6-13(30-3)8-14(7-12)31-4)21(28)25-18-9-15(22(29)32-5)16(23)10-17(18)24/h6-11,19H,1-5H3,(H,25,28)(H,26,27). The largest absolute Gasteiger partial charge is 0.497 e. The van der Waals surface area contributed by atoms with Crippen LogP contribution in [0.2, 0.25) is 0 Å². The first kappa shape index (κ1) is 24.6. The lowest BCUT2D eigenvalue weighted by molar-refractivity contribution is -0.118. The Morgan fingerprint density at radius 3 is 1.97 bits per heavy atom. The van der Waals surface area contributed by atoms with Gasteiger partial charge >= 0.3 is 5.97 Å². The Balaban J connectivity index is 2.27. The molecule has 0 heterocycles. The molecule has 0 aromatic heterocycles. The molecule has 2 rings (SSSR count). The number of anilines is 1. The maximum atomic E-state index is 14.2. The fraction of sp³-hybridized carbons (Fsp3) is 0.318. The molecular weight excluding hydrogens is 426 g/mol. The monoisotopic (exact) mass is 450 g/mol. The minimum absolute atomic E-state index is 0.181. The van der Waals surface area contributed by atoms with Gasteiger partial charge in [-0.05, 0) is 24.1 Å². The van der Waals surface area contributed by atoms with Gasteiger partial charge in [-0.25, -0.2) is 13.6 Å². The molecule has 2 N–H and O–H groups in total. The first-order valence-electron chi connectivity index (χ1n) is 9.53. The van der Waals surface area contributed by atoms with Crippen LogP contribution in [0.4, 0.5) is 14.5 Å². The second-order valence-electron chi connectivity index (χ2n) is 7.09. The minimum Gasteiger partial charge on any atom is -0.497 e. The van der Waals surface area contributed by atoms with E-state index in [1.54, 1.807) is 19.9 Å². The Hall–Kier alpha value is -3.69. The number of esters is 1. The van der Waals surface area contributed by atoms with Crippen LogP contribution in [0.5, 0.6) is 11.5 Å². The molecule has 0 aliphatic carbocycles. The van der Waals surface area contributed by atoms with Crippen LogP contribution in [-0.2, 0) is 9.53 Å². The molecule has 0 saturated heterocycles. The third kappa shape index (κ3) is 5.71. The zero-order valence-electron chi connectivity index (χ0n) is 18.2. The van der Waals surface area contributed by atoms with Gasteiger partial charge in [0, 0.05) is 17.7 Å². The second kappa shape index (κ2) is 10.6. The average molecular weight is 450 g/mol. The average Bonchev–Trinajstić information content (AvgIpc) is 2.77. The molecule has 172 valence electrons. The number of hydrogen-bond donors (Lipinski definition) is 2. The quantitative estimate of drug-likeness (QED) is 0.599. The lowest BCUT2D eigenvalue weighted by Gasteiger charge is -2.22. The van der Waals surface area contributed by atoms with E-state index in [1.807, 2.05) is 0 Å². The Morgan fingerprint density at radius 2 is 1.47 bits per heavy atom. The minimum atomic E-state index is -1.13. The first-order chi connectivity index (χ1) is 15.1. The Kier molecular flexibility index (Phi) is 8.11. The molecule has 0 fully saturated rings. The maximum Gasteiger partial charge on any atom is 0.340 e. The van der Waals surface area contributed by atoms with Crippen molar-refractivity contribution in [2.75, 3.05) is 26.6 Å². The van der Waals surface area contributed by atoms with Crippen molar-refractivity contribution in [1.29, 1.82) is 0 Å². The van der Waals surface area contributed by atoms with Gasteiger partial charge in [-0.3, -0.25) is 9.59 Å². The van der Waals surface area contributed by atoms with E-state index < -0.39 is 52.6 Å². The summed E-state index contributed by atoms with van der Waals surface area (Å²) in [6.07, 6.45) is 0. The number of hydrogen-bond acceptors (Lipinski definition) is 6. The van der Waals surface area contributed by atoms with Crippen LogP contribution in [0.25, 0.3) is 0 Å². The van der Waals surface area contributed by atoms with Gasteiger partial charge in [-0.15, -0.1) is 0 Å². The lowest BCUT2D eigenvalue weighted by Crippen LogP contribution is -2.47. The summed E-state index contributed by atoms with van der Waals surface area (Å²) in [5.41, 5.74) is -0.793. The van der Waals surface area contributed by atoms with E-state index in [-0.39, 0.29) is 5.56 Å². The van der Waals surface area contributed by atoms with E-state index in [4.69, 9.17) is 9.47 Å². The smallest absolute Gasteiger partial charge is 0.340 e. The van der Waals surface area contributed by atoms with Crippen molar-refractivity contribution < 1.29 is 37.4 Å². The molecule has 0 aliphatic heterocycles. The predicted octanol–water partition coefficient (Wildman–Crippen LogP) is 3.16. The summed E-state index contributed by atoms with van der Waals surface area (Å²) in [4.78, 5) is 37.2. The zero-order valence-corrected chi connectivity index (χ0v) is 18.2. The van der Waals surface area contributed by atoms with E-state index in [9.17, 15) is 23.2 Å². The molecule has 0 radical (unpaired) electrons. The van der Waals surface area contributed by atoms with Crippen molar-refractivity contribution in [3.63, 3.8) is 0 Å². The normalized spacial score (nSPS) is 11.5. The molecule has 0 aliphatic rings. The maximum absolute atomic E-state index is 14.2. The van der Waals surface area contributed by atoms with E-state index in [1.165, 1.54) is 26.4 Å². The summed E-state index contributed by atoms with van der Waals surface area (Å²) < 4.78 is 42.8. The molecule has 8 nitrogen and oxygen atoms in total. The highest BCUT2D eigenvalue weighted by molar-refractivity contribution is 6.02. The summed E-state index contributed by atoms with van der Waals surface area (Å²) in [6.45, 7) is 3.36. The molecule has 2 amide bonds. The molecule has 0 saturated carbocycles. The van der Waals surface area contributed by atoms with Gasteiger partial charge in [-0.1, -0.05) is 13.8 Å². The zero-order chi connectivity index (χ0) is 24.0. The van der Waals surface area contributed by atoms with Crippen molar-refractivity contribution >= 4 is 23.5 Å². The van der Waals surface area contributed by atoms with Gasteiger partial charge in [0.25, 0.3) is 5.91 Å². The highest BCUT2D eigenvalue weighted by Crippen LogP contribution is 2.24. The number of nitrogens with one attached hydrogen (secondary N) is 2. The Labute approximate surface area is 183 Å². The number of carbonyl (C=O) groups is 3. The topological polar surface area (TPSA) is 103 Å². The van der Waals surface area contributed by atoms with Crippen LogP contribution >= 0.6 is 0 Å². The number of ether oxygens (including phenoxy) is 3. The molecule has 2 aromatic rings. The number of benzene rings is 2. The van der Waals surface area contributed by atoms with Crippen LogP contribution in [0.1, 0.15) is 34.6 Å². The molecule has 2 aromatic carbocycles. The number of halogens is 2. The number of amides is 2.